The van der Waals surface area contributed by atoms with Gasteiger partial charge in [0.15, 0.2) is 0 Å². The van der Waals surface area contributed by atoms with Crippen LogP contribution in [-0.4, -0.2) is 7.11 Å². The van der Waals surface area contributed by atoms with Crippen molar-refractivity contribution in [1.82, 2.24) is 0 Å². The van der Waals surface area contributed by atoms with Gasteiger partial charge in [-0.1, -0.05) is 30.3 Å². The maximum atomic E-state index is 5.32. The second kappa shape index (κ2) is 5.58. The molecule has 1 saturated carbocycles. The maximum absolute atomic E-state index is 5.32. The minimum absolute atomic E-state index is 0.420. The van der Waals surface area contributed by atoms with Gasteiger partial charge in [0.1, 0.15) is 5.75 Å². The number of anilines is 1. The SMILES string of the molecule is COc1ccc(NC(c2ccccc2)C2CC2)cc1C. The summed E-state index contributed by atoms with van der Waals surface area (Å²) in [6.07, 6.45) is 2.64. The summed E-state index contributed by atoms with van der Waals surface area (Å²) < 4.78 is 5.32. The van der Waals surface area contributed by atoms with Crippen LogP contribution < -0.4 is 10.1 Å². The molecule has 3 rings (SSSR count). The molecule has 2 aromatic carbocycles. The Hall–Kier alpha value is -1.96. The number of hydrogen-bond donors (Lipinski definition) is 1. The van der Waals surface area contributed by atoms with Gasteiger partial charge in [0.2, 0.25) is 0 Å². The normalized spacial score (nSPS) is 15.7. The highest BCUT2D eigenvalue weighted by atomic mass is 16.5. The number of ether oxygens (including phenoxy) is 1. The third-order valence-electron chi connectivity index (χ3n) is 3.97. The molecule has 1 aliphatic carbocycles. The lowest BCUT2D eigenvalue weighted by Gasteiger charge is -2.21. The zero-order valence-corrected chi connectivity index (χ0v) is 12.1. The highest BCUT2D eigenvalue weighted by Gasteiger charge is 2.32. The Morgan fingerprint density at radius 2 is 1.85 bits per heavy atom. The van der Waals surface area contributed by atoms with Crippen LogP contribution in [0.4, 0.5) is 5.69 Å². The second-order valence-corrected chi connectivity index (χ2v) is 5.55. The van der Waals surface area contributed by atoms with Gasteiger partial charge < -0.3 is 10.1 Å². The zero-order chi connectivity index (χ0) is 13.9. The van der Waals surface area contributed by atoms with Gasteiger partial charge in [0.05, 0.1) is 13.2 Å². The zero-order valence-electron chi connectivity index (χ0n) is 12.1. The first kappa shape index (κ1) is 13.0. The van der Waals surface area contributed by atoms with E-state index in [1.807, 2.05) is 6.07 Å². The van der Waals surface area contributed by atoms with Gasteiger partial charge >= 0.3 is 0 Å². The molecule has 0 spiro atoms. The minimum Gasteiger partial charge on any atom is -0.496 e. The Balaban J connectivity index is 1.82. The number of hydrogen-bond acceptors (Lipinski definition) is 2. The molecule has 0 bridgehead atoms. The van der Waals surface area contributed by atoms with Crippen molar-refractivity contribution in [1.29, 1.82) is 0 Å². The Morgan fingerprint density at radius 3 is 2.45 bits per heavy atom. The summed E-state index contributed by atoms with van der Waals surface area (Å²) in [5.41, 5.74) is 3.72. The number of benzene rings is 2. The number of methoxy groups -OCH3 is 1. The van der Waals surface area contributed by atoms with Crippen molar-refractivity contribution in [2.24, 2.45) is 5.92 Å². The van der Waals surface area contributed by atoms with E-state index in [2.05, 4.69) is 54.7 Å². The summed E-state index contributed by atoms with van der Waals surface area (Å²) in [5, 5.41) is 3.69. The lowest BCUT2D eigenvalue weighted by Crippen LogP contribution is -2.12. The van der Waals surface area contributed by atoms with Gasteiger partial charge in [-0.25, -0.2) is 0 Å². The Bertz CT molecular complexity index is 575. The molecule has 2 heteroatoms. The lowest BCUT2D eigenvalue weighted by molar-refractivity contribution is 0.412. The first-order valence-corrected chi connectivity index (χ1v) is 7.24. The molecule has 0 heterocycles. The summed E-state index contributed by atoms with van der Waals surface area (Å²) in [7, 11) is 1.71. The Labute approximate surface area is 120 Å². The molecule has 1 N–H and O–H groups in total. The van der Waals surface area contributed by atoms with E-state index in [0.717, 1.165) is 11.7 Å². The van der Waals surface area contributed by atoms with Crippen molar-refractivity contribution in [2.75, 3.05) is 12.4 Å². The lowest BCUT2D eigenvalue weighted by atomic mass is 10.0. The molecular formula is C18H21NO. The van der Waals surface area contributed by atoms with E-state index in [1.54, 1.807) is 7.11 Å². The van der Waals surface area contributed by atoms with E-state index in [4.69, 9.17) is 4.74 Å². The summed E-state index contributed by atoms with van der Waals surface area (Å²) in [5.74, 6) is 1.71. The Morgan fingerprint density at radius 1 is 1.10 bits per heavy atom. The van der Waals surface area contributed by atoms with E-state index in [9.17, 15) is 0 Å². The third kappa shape index (κ3) is 2.79. The van der Waals surface area contributed by atoms with Crippen molar-refractivity contribution in [2.45, 2.75) is 25.8 Å². The molecule has 2 nitrogen and oxygen atoms in total. The van der Waals surface area contributed by atoms with Crippen molar-refractivity contribution >= 4 is 5.69 Å². The first-order valence-electron chi connectivity index (χ1n) is 7.24. The van der Waals surface area contributed by atoms with Crippen molar-refractivity contribution < 1.29 is 4.74 Å². The van der Waals surface area contributed by atoms with Crippen molar-refractivity contribution in [3.8, 4) is 5.75 Å². The summed E-state index contributed by atoms with van der Waals surface area (Å²) >= 11 is 0. The molecular weight excluding hydrogens is 246 g/mol. The van der Waals surface area contributed by atoms with Gasteiger partial charge in [-0.3, -0.25) is 0 Å². The van der Waals surface area contributed by atoms with Crippen LogP contribution >= 0.6 is 0 Å². The molecule has 0 aliphatic heterocycles. The van der Waals surface area contributed by atoms with Crippen LogP contribution in [0.5, 0.6) is 5.75 Å². The van der Waals surface area contributed by atoms with Gasteiger partial charge in [0.25, 0.3) is 0 Å². The Kier molecular flexibility index (Phi) is 3.64. The van der Waals surface area contributed by atoms with Crippen molar-refractivity contribution in [3.63, 3.8) is 0 Å². The maximum Gasteiger partial charge on any atom is 0.121 e. The van der Waals surface area contributed by atoms with Crippen LogP contribution in [0.15, 0.2) is 48.5 Å². The van der Waals surface area contributed by atoms with Crippen LogP contribution in [0.2, 0.25) is 0 Å². The standard InChI is InChI=1S/C18H21NO/c1-13-12-16(10-11-17(13)20-2)19-18(15-8-9-15)14-6-4-3-5-7-14/h3-7,10-12,15,18-19H,8-9H2,1-2H3. The summed E-state index contributed by atoms with van der Waals surface area (Å²) in [6.45, 7) is 2.08. The first-order chi connectivity index (χ1) is 9.78. The molecule has 20 heavy (non-hydrogen) atoms. The molecule has 2 aromatic rings. The van der Waals surface area contributed by atoms with E-state index < -0.39 is 0 Å². The molecule has 104 valence electrons. The van der Waals surface area contributed by atoms with Gasteiger partial charge in [-0.15, -0.1) is 0 Å². The molecule has 1 aliphatic rings. The van der Waals surface area contributed by atoms with Gasteiger partial charge in [0, 0.05) is 5.69 Å². The third-order valence-corrected chi connectivity index (χ3v) is 3.97. The van der Waals surface area contributed by atoms with Gasteiger partial charge in [-0.2, -0.15) is 0 Å². The second-order valence-electron chi connectivity index (χ2n) is 5.55. The molecule has 0 radical (unpaired) electrons. The fourth-order valence-electron chi connectivity index (χ4n) is 2.71. The van der Waals surface area contributed by atoms with E-state index in [0.29, 0.717) is 6.04 Å². The molecule has 0 saturated heterocycles. The number of nitrogens with one attached hydrogen (secondary N) is 1. The number of rotatable bonds is 5. The predicted octanol–water partition coefficient (Wildman–Crippen LogP) is 4.57. The molecule has 0 aromatic heterocycles. The topological polar surface area (TPSA) is 21.3 Å². The quantitative estimate of drug-likeness (QED) is 0.857. The van der Waals surface area contributed by atoms with Crippen LogP contribution in [0.25, 0.3) is 0 Å². The minimum atomic E-state index is 0.420. The molecule has 1 fully saturated rings. The van der Waals surface area contributed by atoms with Crippen LogP contribution in [0.1, 0.15) is 30.0 Å². The average molecular weight is 267 g/mol. The van der Waals surface area contributed by atoms with E-state index >= 15 is 0 Å². The van der Waals surface area contributed by atoms with Crippen LogP contribution in [0.3, 0.4) is 0 Å². The monoisotopic (exact) mass is 267 g/mol. The largest absolute Gasteiger partial charge is 0.496 e. The predicted molar refractivity (Wildman–Crippen MR) is 83.3 cm³/mol. The smallest absolute Gasteiger partial charge is 0.121 e. The van der Waals surface area contributed by atoms with E-state index in [-0.39, 0.29) is 0 Å². The van der Waals surface area contributed by atoms with Crippen LogP contribution in [0, 0.1) is 12.8 Å². The summed E-state index contributed by atoms with van der Waals surface area (Å²) in [6, 6.07) is 17.5. The fourth-order valence-corrected chi connectivity index (χ4v) is 2.71. The molecule has 0 amide bonds. The molecule has 1 unspecified atom stereocenters. The fraction of sp³-hybridized carbons (Fsp3) is 0.333. The highest BCUT2D eigenvalue weighted by molar-refractivity contribution is 5.52. The number of aryl methyl sites for hydroxylation is 1. The van der Waals surface area contributed by atoms with Crippen molar-refractivity contribution in [3.05, 3.63) is 59.7 Å². The van der Waals surface area contributed by atoms with Crippen LogP contribution in [-0.2, 0) is 0 Å². The van der Waals surface area contributed by atoms with Gasteiger partial charge in [-0.05, 0) is 55.0 Å². The summed E-state index contributed by atoms with van der Waals surface area (Å²) in [4.78, 5) is 0. The highest BCUT2D eigenvalue weighted by Crippen LogP contribution is 2.43. The van der Waals surface area contributed by atoms with E-state index in [1.165, 1.54) is 29.7 Å². The average Bonchev–Trinajstić information content (AvgIpc) is 3.30. The molecule has 1 atom stereocenters.